The largest absolute Gasteiger partial charge is 0.372 e. The van der Waals surface area contributed by atoms with Crippen molar-refractivity contribution < 1.29 is 4.79 Å². The molecule has 0 bridgehead atoms. The Morgan fingerprint density at radius 1 is 1.16 bits per heavy atom. The van der Waals surface area contributed by atoms with E-state index in [1.54, 1.807) is 6.20 Å². The Morgan fingerprint density at radius 3 is 2.40 bits per heavy atom. The lowest BCUT2D eigenvalue weighted by atomic mass is 10.1. The first-order valence-electron chi connectivity index (χ1n) is 8.84. The number of anilines is 4. The third-order valence-electron chi connectivity index (χ3n) is 4.16. The smallest absolute Gasteiger partial charge is 0.226 e. The summed E-state index contributed by atoms with van der Waals surface area (Å²) in [4.78, 5) is 18.4. The van der Waals surface area contributed by atoms with Gasteiger partial charge in [0, 0.05) is 30.4 Å². The van der Waals surface area contributed by atoms with Crippen LogP contribution < -0.4 is 15.5 Å². The maximum atomic E-state index is 11.7. The van der Waals surface area contributed by atoms with Crippen molar-refractivity contribution in [3.05, 3.63) is 42.1 Å². The van der Waals surface area contributed by atoms with E-state index in [1.807, 2.05) is 26.0 Å². The molecule has 0 radical (unpaired) electrons. The highest BCUT2D eigenvalue weighted by molar-refractivity contribution is 5.92. The summed E-state index contributed by atoms with van der Waals surface area (Å²) in [6.45, 7) is 12.1. The van der Waals surface area contributed by atoms with Gasteiger partial charge in [-0.15, -0.1) is 0 Å². The molecule has 0 fully saturated rings. The SMILES string of the molecule is CCN(CC)c1ccc(Nc2ccc(NC(=O)C(C)C)cn2)c(C)c1. The Bertz CT molecular complexity index is 706. The first kappa shape index (κ1) is 18.8. The Labute approximate surface area is 150 Å². The molecule has 25 heavy (non-hydrogen) atoms. The number of aryl methyl sites for hydroxylation is 1. The van der Waals surface area contributed by atoms with Crippen molar-refractivity contribution in [2.75, 3.05) is 28.6 Å². The molecule has 0 aliphatic rings. The van der Waals surface area contributed by atoms with Crippen LogP contribution in [0.2, 0.25) is 0 Å². The van der Waals surface area contributed by atoms with E-state index in [-0.39, 0.29) is 11.8 Å². The highest BCUT2D eigenvalue weighted by Crippen LogP contribution is 2.25. The van der Waals surface area contributed by atoms with Crippen LogP contribution in [-0.2, 0) is 4.79 Å². The third-order valence-corrected chi connectivity index (χ3v) is 4.16. The van der Waals surface area contributed by atoms with Gasteiger partial charge in [-0.05, 0) is 56.7 Å². The number of amides is 1. The van der Waals surface area contributed by atoms with Gasteiger partial charge in [0.2, 0.25) is 5.91 Å². The van der Waals surface area contributed by atoms with E-state index in [0.29, 0.717) is 5.69 Å². The molecular formula is C20H28N4O. The van der Waals surface area contributed by atoms with E-state index in [9.17, 15) is 4.79 Å². The van der Waals surface area contributed by atoms with Gasteiger partial charge in [0.05, 0.1) is 11.9 Å². The molecule has 0 saturated heterocycles. The molecule has 1 aromatic heterocycles. The lowest BCUT2D eigenvalue weighted by Crippen LogP contribution is -2.21. The number of nitrogens with one attached hydrogen (secondary N) is 2. The van der Waals surface area contributed by atoms with Gasteiger partial charge in [-0.3, -0.25) is 4.79 Å². The highest BCUT2D eigenvalue weighted by atomic mass is 16.1. The number of pyridine rings is 1. The molecule has 0 atom stereocenters. The zero-order chi connectivity index (χ0) is 18.4. The van der Waals surface area contributed by atoms with Crippen molar-refractivity contribution in [1.82, 2.24) is 4.98 Å². The van der Waals surface area contributed by atoms with E-state index >= 15 is 0 Å². The minimum atomic E-state index is -0.0511. The minimum Gasteiger partial charge on any atom is -0.372 e. The van der Waals surface area contributed by atoms with Crippen LogP contribution in [-0.4, -0.2) is 24.0 Å². The summed E-state index contributed by atoms with van der Waals surface area (Å²) in [6.07, 6.45) is 1.67. The number of nitrogens with zero attached hydrogens (tertiary/aromatic N) is 2. The average Bonchev–Trinajstić information content (AvgIpc) is 2.59. The number of hydrogen-bond donors (Lipinski definition) is 2. The molecule has 1 aromatic carbocycles. The van der Waals surface area contributed by atoms with Crippen molar-refractivity contribution in [3.8, 4) is 0 Å². The summed E-state index contributed by atoms with van der Waals surface area (Å²) in [5.41, 5.74) is 4.14. The lowest BCUT2D eigenvalue weighted by Gasteiger charge is -2.22. The zero-order valence-corrected chi connectivity index (χ0v) is 15.8. The van der Waals surface area contributed by atoms with Gasteiger partial charge in [-0.25, -0.2) is 4.98 Å². The van der Waals surface area contributed by atoms with Crippen LogP contribution in [0.3, 0.4) is 0 Å². The number of carbonyl (C=O) groups is 1. The fourth-order valence-corrected chi connectivity index (χ4v) is 2.54. The zero-order valence-electron chi connectivity index (χ0n) is 15.8. The van der Waals surface area contributed by atoms with Crippen molar-refractivity contribution in [2.24, 2.45) is 5.92 Å². The number of hydrogen-bond acceptors (Lipinski definition) is 4. The third kappa shape index (κ3) is 4.95. The number of carbonyl (C=O) groups excluding carboxylic acids is 1. The second-order valence-electron chi connectivity index (χ2n) is 6.37. The molecule has 2 rings (SSSR count). The summed E-state index contributed by atoms with van der Waals surface area (Å²) >= 11 is 0. The van der Waals surface area contributed by atoms with Crippen molar-refractivity contribution >= 4 is 28.8 Å². The standard InChI is InChI=1S/C20H28N4O/c1-6-24(7-2)17-9-10-18(15(5)12-17)23-19-11-8-16(13-21-19)22-20(25)14(3)4/h8-14H,6-7H2,1-5H3,(H,21,23)(H,22,25). The van der Waals surface area contributed by atoms with Crippen LogP contribution in [0, 0.1) is 12.8 Å². The van der Waals surface area contributed by atoms with Gasteiger partial charge >= 0.3 is 0 Å². The van der Waals surface area contributed by atoms with E-state index in [4.69, 9.17) is 0 Å². The van der Waals surface area contributed by atoms with Crippen molar-refractivity contribution in [2.45, 2.75) is 34.6 Å². The van der Waals surface area contributed by atoms with Crippen LogP contribution in [0.4, 0.5) is 22.9 Å². The fraction of sp³-hybridized carbons (Fsp3) is 0.400. The van der Waals surface area contributed by atoms with Gasteiger partial charge in [0.1, 0.15) is 5.82 Å². The van der Waals surface area contributed by atoms with E-state index < -0.39 is 0 Å². The molecule has 0 spiro atoms. The molecule has 2 aromatic rings. The molecule has 1 heterocycles. The maximum absolute atomic E-state index is 11.7. The summed E-state index contributed by atoms with van der Waals surface area (Å²) in [5, 5.41) is 6.18. The summed E-state index contributed by atoms with van der Waals surface area (Å²) in [6, 6.07) is 10.1. The summed E-state index contributed by atoms with van der Waals surface area (Å²) in [7, 11) is 0. The van der Waals surface area contributed by atoms with E-state index in [2.05, 4.69) is 59.5 Å². The molecule has 1 amide bonds. The van der Waals surface area contributed by atoms with Crippen molar-refractivity contribution in [1.29, 1.82) is 0 Å². The first-order valence-corrected chi connectivity index (χ1v) is 8.84. The minimum absolute atomic E-state index is 0.00894. The highest BCUT2D eigenvalue weighted by Gasteiger charge is 2.08. The molecule has 2 N–H and O–H groups in total. The number of rotatable bonds is 7. The quantitative estimate of drug-likeness (QED) is 0.775. The topological polar surface area (TPSA) is 57.3 Å². The van der Waals surface area contributed by atoms with E-state index in [0.717, 1.165) is 24.6 Å². The predicted octanol–water partition coefficient (Wildman–Crippen LogP) is 4.57. The second kappa shape index (κ2) is 8.51. The van der Waals surface area contributed by atoms with Gasteiger partial charge in [-0.1, -0.05) is 13.8 Å². The van der Waals surface area contributed by atoms with Crippen LogP contribution in [0.5, 0.6) is 0 Å². The molecule has 0 aliphatic heterocycles. The lowest BCUT2D eigenvalue weighted by molar-refractivity contribution is -0.118. The maximum Gasteiger partial charge on any atom is 0.226 e. The number of aromatic nitrogens is 1. The number of benzene rings is 1. The average molecular weight is 340 g/mol. The Hall–Kier alpha value is -2.56. The van der Waals surface area contributed by atoms with Gasteiger partial charge < -0.3 is 15.5 Å². The van der Waals surface area contributed by atoms with Crippen molar-refractivity contribution in [3.63, 3.8) is 0 Å². The molecule has 5 heteroatoms. The van der Waals surface area contributed by atoms with Gasteiger partial charge in [0.25, 0.3) is 0 Å². The molecule has 134 valence electrons. The summed E-state index contributed by atoms with van der Waals surface area (Å²) < 4.78 is 0. The second-order valence-corrected chi connectivity index (χ2v) is 6.37. The van der Waals surface area contributed by atoms with Crippen LogP contribution >= 0.6 is 0 Å². The van der Waals surface area contributed by atoms with Crippen LogP contribution in [0.1, 0.15) is 33.3 Å². The summed E-state index contributed by atoms with van der Waals surface area (Å²) in [5.74, 6) is 0.691. The predicted molar refractivity (Wildman–Crippen MR) is 106 cm³/mol. The van der Waals surface area contributed by atoms with Crippen LogP contribution in [0.15, 0.2) is 36.5 Å². The molecular weight excluding hydrogens is 312 g/mol. The fourth-order valence-electron chi connectivity index (χ4n) is 2.54. The Balaban J connectivity index is 2.08. The van der Waals surface area contributed by atoms with Gasteiger partial charge in [-0.2, -0.15) is 0 Å². The molecule has 0 saturated carbocycles. The molecule has 5 nitrogen and oxygen atoms in total. The first-order chi connectivity index (χ1) is 11.9. The van der Waals surface area contributed by atoms with Gasteiger partial charge in [0.15, 0.2) is 0 Å². The molecule has 0 unspecified atom stereocenters. The molecule has 0 aliphatic carbocycles. The Kier molecular flexibility index (Phi) is 6.39. The van der Waals surface area contributed by atoms with E-state index in [1.165, 1.54) is 11.3 Å². The monoisotopic (exact) mass is 340 g/mol. The van der Waals surface area contributed by atoms with Crippen LogP contribution in [0.25, 0.3) is 0 Å². The normalized spacial score (nSPS) is 10.6. The Morgan fingerprint density at radius 2 is 1.88 bits per heavy atom.